The quantitative estimate of drug-likeness (QED) is 0.610. The topological polar surface area (TPSA) is 0 Å². The van der Waals surface area contributed by atoms with E-state index in [0.29, 0.717) is 0 Å². The van der Waals surface area contributed by atoms with E-state index < -0.39 is 0 Å². The van der Waals surface area contributed by atoms with Gasteiger partial charge in [0.2, 0.25) is 0 Å². The van der Waals surface area contributed by atoms with Crippen LogP contribution < -0.4 is 0 Å². The van der Waals surface area contributed by atoms with Crippen LogP contribution in [0.5, 0.6) is 0 Å². The van der Waals surface area contributed by atoms with Crippen LogP contribution in [0, 0.1) is 0 Å². The van der Waals surface area contributed by atoms with Crippen molar-refractivity contribution in [2.75, 3.05) is 0 Å². The van der Waals surface area contributed by atoms with Gasteiger partial charge in [-0.25, -0.2) is 0 Å². The summed E-state index contributed by atoms with van der Waals surface area (Å²) < 4.78 is 0. The first-order chi connectivity index (χ1) is 4.97. The third-order valence-electron chi connectivity index (χ3n) is 1.66. The Bertz CT molecular complexity index is 276. The molecule has 0 aliphatic rings. The van der Waals surface area contributed by atoms with Gasteiger partial charge in [0.25, 0.3) is 0 Å². The average Bonchev–Trinajstić information content (AvgIpc) is 2.05. The summed E-state index contributed by atoms with van der Waals surface area (Å²) in [5, 5.41) is 2.62. The number of hydrogen-bond donors (Lipinski definition) is 0. The van der Waals surface area contributed by atoms with Crippen molar-refractivity contribution in [2.24, 2.45) is 0 Å². The van der Waals surface area contributed by atoms with E-state index in [-0.39, 0.29) is 19.5 Å². The Labute approximate surface area is 79.0 Å². The molecule has 2 aromatic rings. The van der Waals surface area contributed by atoms with Gasteiger partial charge in [-0.15, -0.1) is 0 Å². The molecule has 0 atom stereocenters. The second kappa shape index (κ2) is 3.64. The maximum atomic E-state index is 2.12. The fraction of sp³-hybridized carbons (Fsp3) is 0. The Morgan fingerprint density at radius 3 is 1.09 bits per heavy atom. The van der Waals surface area contributed by atoms with Crippen molar-refractivity contribution in [3.63, 3.8) is 0 Å². The van der Waals surface area contributed by atoms with E-state index in [2.05, 4.69) is 48.5 Å². The predicted molar refractivity (Wildman–Crippen MR) is 46.7 cm³/mol. The first-order valence-electron chi connectivity index (χ1n) is 3.40. The summed E-state index contributed by atoms with van der Waals surface area (Å²) >= 11 is 0. The summed E-state index contributed by atoms with van der Waals surface area (Å²) in [7, 11) is 0. The van der Waals surface area contributed by atoms with Crippen LogP contribution >= 0.6 is 0 Å². The van der Waals surface area contributed by atoms with Crippen molar-refractivity contribution in [1.29, 1.82) is 0 Å². The molecule has 2 rings (SSSR count). The van der Waals surface area contributed by atoms with Gasteiger partial charge >= 0.3 is 19.5 Å². The van der Waals surface area contributed by atoms with E-state index >= 15 is 0 Å². The maximum absolute atomic E-state index is 2.12. The minimum absolute atomic E-state index is 0. The molecule has 0 N–H and O–H groups in total. The monoisotopic (exact) mass is 232 g/mol. The van der Waals surface area contributed by atoms with Gasteiger partial charge in [0, 0.05) is 0 Å². The van der Waals surface area contributed by atoms with Crippen LogP contribution in [0.25, 0.3) is 10.8 Å². The van der Waals surface area contributed by atoms with E-state index in [1.807, 2.05) is 0 Å². The van der Waals surface area contributed by atoms with Crippen molar-refractivity contribution in [2.45, 2.75) is 0 Å². The molecular formula is C10H10Ru. The summed E-state index contributed by atoms with van der Waals surface area (Å²) in [6, 6.07) is 16.7. The Kier molecular flexibility index (Phi) is 2.79. The molecule has 0 nitrogen and oxygen atoms in total. The molecule has 0 unspecified atom stereocenters. The zero-order valence-corrected chi connectivity index (χ0v) is 8.03. The fourth-order valence-corrected chi connectivity index (χ4v) is 1.13. The number of fused-ring (bicyclic) bond motifs is 1. The molecule has 0 bridgehead atoms. The van der Waals surface area contributed by atoms with Gasteiger partial charge in [0.15, 0.2) is 0 Å². The van der Waals surface area contributed by atoms with Crippen LogP contribution in [0.2, 0.25) is 0 Å². The summed E-state index contributed by atoms with van der Waals surface area (Å²) in [6.07, 6.45) is 0. The molecule has 1 heteroatoms. The van der Waals surface area contributed by atoms with Crippen LogP contribution in [0.1, 0.15) is 0 Å². The summed E-state index contributed by atoms with van der Waals surface area (Å²) in [5.41, 5.74) is 0. The zero-order chi connectivity index (χ0) is 6.81. The van der Waals surface area contributed by atoms with Crippen LogP contribution in [0.3, 0.4) is 0 Å². The predicted octanol–water partition coefficient (Wildman–Crippen LogP) is 2.30. The van der Waals surface area contributed by atoms with E-state index in [1.54, 1.807) is 0 Å². The molecule has 0 aliphatic heterocycles. The molecule has 0 saturated carbocycles. The van der Waals surface area contributed by atoms with Crippen molar-refractivity contribution < 1.29 is 19.5 Å². The largest absolute Gasteiger partial charge is 0.0616 e. The Hall–Kier alpha value is -0.677. The minimum atomic E-state index is 0. The molecule has 0 amide bonds. The normalized spacial score (nSPS) is 9.09. The van der Waals surface area contributed by atoms with E-state index in [4.69, 9.17) is 0 Å². The molecular weight excluding hydrogens is 221 g/mol. The molecule has 0 fully saturated rings. The molecule has 0 heterocycles. The van der Waals surface area contributed by atoms with Gasteiger partial charge in [-0.2, -0.15) is 0 Å². The molecule has 58 valence electrons. The molecule has 2 aromatic carbocycles. The third-order valence-corrected chi connectivity index (χ3v) is 1.66. The van der Waals surface area contributed by atoms with Crippen LogP contribution in [0.15, 0.2) is 48.5 Å². The average molecular weight is 231 g/mol. The molecule has 0 aromatic heterocycles. The van der Waals surface area contributed by atoms with Crippen molar-refractivity contribution in [3.05, 3.63) is 48.5 Å². The van der Waals surface area contributed by atoms with Crippen LogP contribution in [-0.4, -0.2) is 0 Å². The van der Waals surface area contributed by atoms with Gasteiger partial charge in [-0.05, 0) is 10.8 Å². The van der Waals surface area contributed by atoms with Gasteiger partial charge in [-0.3, -0.25) is 0 Å². The standard InChI is InChI=1S/C10H8.Ru.2H/c1-2-6-10-8-4-3-7-9(10)5-1;;;/h1-8H;;;. The molecule has 0 spiro atoms. The molecule has 11 heavy (non-hydrogen) atoms. The second-order valence-corrected chi connectivity index (χ2v) is 2.35. The Morgan fingerprint density at radius 1 is 0.545 bits per heavy atom. The first kappa shape index (κ1) is 8.42. The Balaban J connectivity index is 0.000000605. The van der Waals surface area contributed by atoms with Gasteiger partial charge < -0.3 is 0 Å². The SMILES string of the molecule is [RuH2].c1ccc2ccccc2c1. The van der Waals surface area contributed by atoms with E-state index in [0.717, 1.165) is 0 Å². The number of hydrogen-bond acceptors (Lipinski definition) is 0. The molecule has 0 saturated heterocycles. The maximum Gasteiger partial charge on any atom is -0.0184 e. The van der Waals surface area contributed by atoms with Crippen molar-refractivity contribution in [3.8, 4) is 0 Å². The van der Waals surface area contributed by atoms with Gasteiger partial charge in [-0.1, -0.05) is 48.5 Å². The van der Waals surface area contributed by atoms with Crippen LogP contribution in [0.4, 0.5) is 0 Å². The van der Waals surface area contributed by atoms with E-state index in [1.165, 1.54) is 10.8 Å². The second-order valence-electron chi connectivity index (χ2n) is 2.35. The number of benzene rings is 2. The first-order valence-corrected chi connectivity index (χ1v) is 3.40. The van der Waals surface area contributed by atoms with Gasteiger partial charge in [0.1, 0.15) is 0 Å². The third kappa shape index (κ3) is 1.67. The summed E-state index contributed by atoms with van der Waals surface area (Å²) in [6.45, 7) is 0. The van der Waals surface area contributed by atoms with Crippen LogP contribution in [-0.2, 0) is 19.5 Å². The zero-order valence-electron chi connectivity index (χ0n) is 6.03. The fourth-order valence-electron chi connectivity index (χ4n) is 1.13. The Morgan fingerprint density at radius 2 is 0.818 bits per heavy atom. The van der Waals surface area contributed by atoms with Gasteiger partial charge in [0.05, 0.1) is 0 Å². The van der Waals surface area contributed by atoms with Crippen molar-refractivity contribution in [1.82, 2.24) is 0 Å². The summed E-state index contributed by atoms with van der Waals surface area (Å²) in [4.78, 5) is 0. The molecule has 0 aliphatic carbocycles. The van der Waals surface area contributed by atoms with Crippen molar-refractivity contribution >= 4 is 10.8 Å². The minimum Gasteiger partial charge on any atom is -0.0616 e. The smallest absolute Gasteiger partial charge is 0.0184 e. The number of rotatable bonds is 0. The summed E-state index contributed by atoms with van der Waals surface area (Å²) in [5.74, 6) is 0. The molecule has 0 radical (unpaired) electrons. The van der Waals surface area contributed by atoms with E-state index in [9.17, 15) is 0 Å².